The molecule has 0 radical (unpaired) electrons. The number of rotatable bonds is 4. The van der Waals surface area contributed by atoms with Gasteiger partial charge in [0.2, 0.25) is 0 Å². The number of nitrogens with one attached hydrogen (secondary N) is 1. The Balaban J connectivity index is 2.36. The van der Waals surface area contributed by atoms with E-state index < -0.39 is 18.6 Å². The summed E-state index contributed by atoms with van der Waals surface area (Å²) >= 11 is 9.17. The lowest BCUT2D eigenvalue weighted by atomic mass is 9.98. The number of piperazine rings is 1. The number of nitrogens with zero attached hydrogens (tertiary/aromatic N) is 1. The van der Waals surface area contributed by atoms with Crippen LogP contribution in [0.2, 0.25) is 5.02 Å². The van der Waals surface area contributed by atoms with Crippen molar-refractivity contribution >= 4 is 27.5 Å². The van der Waals surface area contributed by atoms with E-state index in [9.17, 15) is 8.78 Å². The molecular formula is C13H16BrClF2N2O. The Labute approximate surface area is 130 Å². The maximum atomic E-state index is 14.2. The molecule has 0 saturated carbocycles. The van der Waals surface area contributed by atoms with E-state index in [0.29, 0.717) is 41.2 Å². The zero-order valence-electron chi connectivity index (χ0n) is 10.8. The molecule has 1 saturated heterocycles. The lowest BCUT2D eigenvalue weighted by molar-refractivity contribution is -0.118. The van der Waals surface area contributed by atoms with E-state index in [1.165, 1.54) is 0 Å². The normalized spacial score (nSPS) is 19.1. The average Bonchev–Trinajstić information content (AvgIpc) is 2.44. The SMILES string of the molecule is OCC(F)(F)[C@H](c1ccc(Cl)c(Br)c1)N1CCNCC1. The van der Waals surface area contributed by atoms with Crippen molar-refractivity contribution in [2.24, 2.45) is 0 Å². The molecule has 3 nitrogen and oxygen atoms in total. The Hall–Kier alpha value is -0.270. The summed E-state index contributed by atoms with van der Waals surface area (Å²) in [5.41, 5.74) is 0.447. The van der Waals surface area contributed by atoms with E-state index in [1.54, 1.807) is 23.1 Å². The fourth-order valence-electron chi connectivity index (χ4n) is 2.43. The van der Waals surface area contributed by atoms with Crippen LogP contribution >= 0.6 is 27.5 Å². The topological polar surface area (TPSA) is 35.5 Å². The van der Waals surface area contributed by atoms with Gasteiger partial charge < -0.3 is 10.4 Å². The Morgan fingerprint density at radius 1 is 1.40 bits per heavy atom. The zero-order valence-corrected chi connectivity index (χ0v) is 13.1. The van der Waals surface area contributed by atoms with Crippen LogP contribution in [0.15, 0.2) is 22.7 Å². The third-order valence-electron chi connectivity index (χ3n) is 3.39. The molecule has 112 valence electrons. The second-order valence-corrected chi connectivity index (χ2v) is 6.04. The van der Waals surface area contributed by atoms with Gasteiger partial charge in [0, 0.05) is 30.7 Å². The number of hydrogen-bond donors (Lipinski definition) is 2. The quantitative estimate of drug-likeness (QED) is 0.856. The van der Waals surface area contributed by atoms with Crippen LogP contribution in [-0.2, 0) is 0 Å². The highest BCUT2D eigenvalue weighted by molar-refractivity contribution is 9.10. The molecule has 1 aromatic carbocycles. The largest absolute Gasteiger partial charge is 0.390 e. The summed E-state index contributed by atoms with van der Waals surface area (Å²) < 4.78 is 28.9. The number of hydrogen-bond acceptors (Lipinski definition) is 3. The highest BCUT2D eigenvalue weighted by Gasteiger charge is 2.44. The third-order valence-corrected chi connectivity index (χ3v) is 4.60. The minimum atomic E-state index is -3.20. The number of halogens is 4. The van der Waals surface area contributed by atoms with Gasteiger partial charge in [-0.15, -0.1) is 0 Å². The van der Waals surface area contributed by atoms with Crippen LogP contribution in [0.3, 0.4) is 0 Å². The van der Waals surface area contributed by atoms with E-state index in [4.69, 9.17) is 16.7 Å². The third kappa shape index (κ3) is 3.49. The van der Waals surface area contributed by atoms with E-state index in [1.807, 2.05) is 0 Å². The van der Waals surface area contributed by atoms with Crippen LogP contribution in [0.4, 0.5) is 8.78 Å². The summed E-state index contributed by atoms with van der Waals surface area (Å²) in [5, 5.41) is 12.7. The Morgan fingerprint density at radius 2 is 2.05 bits per heavy atom. The van der Waals surface area contributed by atoms with Crippen molar-refractivity contribution in [1.82, 2.24) is 10.2 Å². The van der Waals surface area contributed by atoms with Gasteiger partial charge in [-0.1, -0.05) is 17.7 Å². The molecule has 1 atom stereocenters. The van der Waals surface area contributed by atoms with Crippen molar-refractivity contribution in [3.63, 3.8) is 0 Å². The zero-order chi connectivity index (χ0) is 14.8. The molecular weight excluding hydrogens is 354 g/mol. The fraction of sp³-hybridized carbons (Fsp3) is 0.538. The molecule has 20 heavy (non-hydrogen) atoms. The first-order valence-electron chi connectivity index (χ1n) is 6.34. The van der Waals surface area contributed by atoms with Gasteiger partial charge in [0.25, 0.3) is 5.92 Å². The van der Waals surface area contributed by atoms with Crippen molar-refractivity contribution < 1.29 is 13.9 Å². The predicted octanol–water partition coefficient (Wildman–Crippen LogP) is 2.68. The summed E-state index contributed by atoms with van der Waals surface area (Å²) in [6.45, 7) is 1.17. The van der Waals surface area contributed by atoms with Gasteiger partial charge in [-0.05, 0) is 33.6 Å². The second kappa shape index (κ2) is 6.66. The van der Waals surface area contributed by atoms with Crippen LogP contribution in [0.5, 0.6) is 0 Å². The van der Waals surface area contributed by atoms with Crippen molar-refractivity contribution in [1.29, 1.82) is 0 Å². The van der Waals surface area contributed by atoms with E-state index in [0.717, 1.165) is 0 Å². The first-order chi connectivity index (χ1) is 9.45. The first-order valence-corrected chi connectivity index (χ1v) is 7.51. The van der Waals surface area contributed by atoms with Gasteiger partial charge in [0.1, 0.15) is 12.6 Å². The van der Waals surface area contributed by atoms with Crippen molar-refractivity contribution in [2.45, 2.75) is 12.0 Å². The van der Waals surface area contributed by atoms with Crippen molar-refractivity contribution in [3.05, 3.63) is 33.3 Å². The highest BCUT2D eigenvalue weighted by atomic mass is 79.9. The second-order valence-electron chi connectivity index (χ2n) is 4.78. The molecule has 2 N–H and O–H groups in total. The number of aliphatic hydroxyl groups is 1. The molecule has 1 aromatic rings. The first kappa shape index (κ1) is 16.1. The maximum absolute atomic E-state index is 14.2. The summed E-state index contributed by atoms with van der Waals surface area (Å²) in [7, 11) is 0. The minimum Gasteiger partial charge on any atom is -0.390 e. The molecule has 0 unspecified atom stereocenters. The van der Waals surface area contributed by atoms with Gasteiger partial charge in [0.05, 0.1) is 5.02 Å². The lowest BCUT2D eigenvalue weighted by Crippen LogP contribution is -2.51. The van der Waals surface area contributed by atoms with Gasteiger partial charge in [-0.3, -0.25) is 4.90 Å². The number of aliphatic hydroxyl groups excluding tert-OH is 1. The molecule has 1 aliphatic rings. The molecule has 1 fully saturated rings. The van der Waals surface area contributed by atoms with Gasteiger partial charge in [-0.2, -0.15) is 0 Å². The van der Waals surface area contributed by atoms with Gasteiger partial charge >= 0.3 is 0 Å². The molecule has 0 amide bonds. The molecule has 0 spiro atoms. The average molecular weight is 370 g/mol. The Morgan fingerprint density at radius 3 is 2.60 bits per heavy atom. The maximum Gasteiger partial charge on any atom is 0.289 e. The fourth-order valence-corrected chi connectivity index (χ4v) is 2.95. The Bertz CT molecular complexity index is 470. The number of benzene rings is 1. The van der Waals surface area contributed by atoms with Crippen LogP contribution < -0.4 is 5.32 Å². The monoisotopic (exact) mass is 368 g/mol. The van der Waals surface area contributed by atoms with Crippen molar-refractivity contribution in [2.75, 3.05) is 32.8 Å². The Kier molecular flexibility index (Phi) is 5.36. The minimum absolute atomic E-state index is 0.447. The van der Waals surface area contributed by atoms with Crippen LogP contribution in [0.1, 0.15) is 11.6 Å². The smallest absolute Gasteiger partial charge is 0.289 e. The highest BCUT2D eigenvalue weighted by Crippen LogP contribution is 2.38. The van der Waals surface area contributed by atoms with Crippen LogP contribution in [0.25, 0.3) is 0 Å². The summed E-state index contributed by atoms with van der Waals surface area (Å²) in [6.07, 6.45) is 0. The molecule has 1 heterocycles. The van der Waals surface area contributed by atoms with Gasteiger partial charge in [-0.25, -0.2) is 8.78 Å². The summed E-state index contributed by atoms with van der Waals surface area (Å²) in [6, 6.07) is 3.62. The molecule has 0 bridgehead atoms. The molecule has 2 rings (SSSR count). The molecule has 7 heteroatoms. The summed E-state index contributed by atoms with van der Waals surface area (Å²) in [5.74, 6) is -3.20. The predicted molar refractivity (Wildman–Crippen MR) is 78.4 cm³/mol. The standard InChI is InChI=1S/C13H16BrClF2N2O/c14-10-7-9(1-2-11(10)15)12(13(16,17)8-20)19-5-3-18-4-6-19/h1-2,7,12,18,20H,3-6,8H2/t12-/m0/s1. The lowest BCUT2D eigenvalue weighted by Gasteiger charge is -2.38. The molecule has 0 aromatic heterocycles. The molecule has 0 aliphatic carbocycles. The van der Waals surface area contributed by atoms with Crippen LogP contribution in [-0.4, -0.2) is 48.7 Å². The van der Waals surface area contributed by atoms with E-state index >= 15 is 0 Å². The van der Waals surface area contributed by atoms with Crippen LogP contribution in [0, 0.1) is 0 Å². The van der Waals surface area contributed by atoms with E-state index in [-0.39, 0.29) is 0 Å². The van der Waals surface area contributed by atoms with Gasteiger partial charge in [0.15, 0.2) is 0 Å². The molecule has 1 aliphatic heterocycles. The summed E-state index contributed by atoms with van der Waals surface area (Å²) in [4.78, 5) is 1.70. The van der Waals surface area contributed by atoms with Crippen molar-refractivity contribution in [3.8, 4) is 0 Å². The van der Waals surface area contributed by atoms with E-state index in [2.05, 4.69) is 21.2 Å². The number of alkyl halides is 2.